The van der Waals surface area contributed by atoms with Gasteiger partial charge in [0.15, 0.2) is 0 Å². The van der Waals surface area contributed by atoms with Gasteiger partial charge >= 0.3 is 0 Å². The summed E-state index contributed by atoms with van der Waals surface area (Å²) in [6.07, 6.45) is 6.34. The Balaban J connectivity index is 1.71. The summed E-state index contributed by atoms with van der Waals surface area (Å²) in [6.45, 7) is 1.90. The minimum absolute atomic E-state index is 0.0729. The number of hydrogen-bond donors (Lipinski definition) is 1. The fraction of sp³-hybridized carbons (Fsp3) is 0.571. The highest BCUT2D eigenvalue weighted by Crippen LogP contribution is 2.29. The molecule has 0 spiro atoms. The summed E-state index contributed by atoms with van der Waals surface area (Å²) in [5.74, 6) is 0.0729. The molecule has 1 saturated carbocycles. The van der Waals surface area contributed by atoms with Crippen molar-refractivity contribution in [1.82, 2.24) is 15.2 Å². The Morgan fingerprint density at radius 3 is 2.84 bits per heavy atom. The predicted molar refractivity (Wildman–Crippen MR) is 77.0 cm³/mol. The first-order valence-corrected chi connectivity index (χ1v) is 7.69. The largest absolute Gasteiger partial charge is 0.333 e. The molecule has 1 unspecified atom stereocenters. The highest BCUT2D eigenvalue weighted by atomic mass is 79.9. The van der Waals surface area contributed by atoms with E-state index in [1.807, 2.05) is 11.0 Å². The number of nitrogens with zero attached hydrogens (tertiary/aromatic N) is 2. The molecule has 0 bridgehead atoms. The minimum Gasteiger partial charge on any atom is -0.333 e. The Hall–Kier alpha value is -0.940. The van der Waals surface area contributed by atoms with Crippen LogP contribution in [0.1, 0.15) is 36.2 Å². The lowest BCUT2D eigenvalue weighted by atomic mass is 10.2. The number of hydrogen-bond acceptors (Lipinski definition) is 3. The zero-order valence-electron chi connectivity index (χ0n) is 10.8. The number of rotatable bonds is 4. The van der Waals surface area contributed by atoms with Crippen molar-refractivity contribution < 1.29 is 4.79 Å². The lowest BCUT2D eigenvalue weighted by Gasteiger charge is -2.25. The molecule has 1 aromatic heterocycles. The van der Waals surface area contributed by atoms with E-state index in [1.165, 1.54) is 12.8 Å². The van der Waals surface area contributed by atoms with Crippen LogP contribution in [-0.2, 0) is 0 Å². The number of amides is 1. The van der Waals surface area contributed by atoms with Crippen LogP contribution in [0.4, 0.5) is 0 Å². The van der Waals surface area contributed by atoms with Crippen molar-refractivity contribution in [1.29, 1.82) is 0 Å². The van der Waals surface area contributed by atoms with Crippen molar-refractivity contribution >= 4 is 21.8 Å². The van der Waals surface area contributed by atoms with Crippen molar-refractivity contribution in [3.05, 3.63) is 28.5 Å². The van der Waals surface area contributed by atoms with Gasteiger partial charge in [-0.25, -0.2) is 4.98 Å². The quantitative estimate of drug-likeness (QED) is 0.924. The van der Waals surface area contributed by atoms with Crippen molar-refractivity contribution in [2.45, 2.75) is 37.8 Å². The second-order valence-corrected chi connectivity index (χ2v) is 6.26. The summed E-state index contributed by atoms with van der Waals surface area (Å²) in [7, 11) is 0. The Bertz CT molecular complexity index is 452. The molecule has 1 aromatic rings. The zero-order chi connectivity index (χ0) is 13.2. The molecule has 1 saturated heterocycles. The van der Waals surface area contributed by atoms with Gasteiger partial charge in [0, 0.05) is 29.3 Å². The molecule has 1 atom stereocenters. The molecular formula is C14H18BrN3O. The van der Waals surface area contributed by atoms with Crippen LogP contribution in [0.25, 0.3) is 0 Å². The number of carbonyl (C=O) groups is 1. The molecule has 0 aromatic carbocycles. The summed E-state index contributed by atoms with van der Waals surface area (Å²) >= 11 is 3.35. The number of nitrogens with one attached hydrogen (secondary N) is 1. The summed E-state index contributed by atoms with van der Waals surface area (Å²) in [4.78, 5) is 18.8. The summed E-state index contributed by atoms with van der Waals surface area (Å²) in [5.41, 5.74) is 0.549. The number of aromatic nitrogens is 1. The van der Waals surface area contributed by atoms with Crippen LogP contribution in [-0.4, -0.2) is 41.0 Å². The van der Waals surface area contributed by atoms with Gasteiger partial charge in [0.25, 0.3) is 5.91 Å². The zero-order valence-corrected chi connectivity index (χ0v) is 12.4. The van der Waals surface area contributed by atoms with E-state index in [-0.39, 0.29) is 5.91 Å². The van der Waals surface area contributed by atoms with E-state index in [1.54, 1.807) is 12.3 Å². The summed E-state index contributed by atoms with van der Waals surface area (Å²) in [6, 6.07) is 4.56. The topological polar surface area (TPSA) is 45.2 Å². The third-order valence-corrected chi connectivity index (χ3v) is 4.24. The minimum atomic E-state index is 0.0729. The first-order valence-electron chi connectivity index (χ1n) is 6.90. The first kappa shape index (κ1) is 13.1. The molecule has 3 rings (SSSR count). The molecule has 2 heterocycles. The van der Waals surface area contributed by atoms with E-state index in [9.17, 15) is 4.79 Å². The normalized spacial score (nSPS) is 22.5. The van der Waals surface area contributed by atoms with Gasteiger partial charge in [0.2, 0.25) is 0 Å². The molecule has 1 aliphatic heterocycles. The van der Waals surface area contributed by atoms with Crippen molar-refractivity contribution in [3.8, 4) is 0 Å². The molecule has 4 nitrogen and oxygen atoms in total. The average Bonchev–Trinajstić information content (AvgIpc) is 3.13. The number of halogens is 1. The Morgan fingerprint density at radius 2 is 2.26 bits per heavy atom. The molecule has 19 heavy (non-hydrogen) atoms. The molecule has 1 N–H and O–H groups in total. The molecule has 1 aliphatic carbocycles. The maximum Gasteiger partial charge on any atom is 0.272 e. The maximum absolute atomic E-state index is 12.5. The van der Waals surface area contributed by atoms with E-state index < -0.39 is 0 Å². The summed E-state index contributed by atoms with van der Waals surface area (Å²) < 4.78 is 0.902. The maximum atomic E-state index is 12.5. The molecule has 102 valence electrons. The third kappa shape index (κ3) is 3.15. The van der Waals surface area contributed by atoms with Gasteiger partial charge in [0.1, 0.15) is 5.69 Å². The molecule has 2 fully saturated rings. The molecular weight excluding hydrogens is 306 g/mol. The van der Waals surface area contributed by atoms with Gasteiger partial charge in [-0.1, -0.05) is 0 Å². The molecule has 0 radical (unpaired) electrons. The Labute approximate surface area is 121 Å². The van der Waals surface area contributed by atoms with Gasteiger partial charge in [-0.05, 0) is 60.3 Å². The van der Waals surface area contributed by atoms with E-state index >= 15 is 0 Å². The monoisotopic (exact) mass is 323 g/mol. The van der Waals surface area contributed by atoms with Crippen LogP contribution in [0.2, 0.25) is 0 Å². The van der Waals surface area contributed by atoms with E-state index in [0.29, 0.717) is 17.8 Å². The second kappa shape index (κ2) is 5.59. The van der Waals surface area contributed by atoms with E-state index in [2.05, 4.69) is 26.2 Å². The third-order valence-electron chi connectivity index (χ3n) is 3.77. The fourth-order valence-corrected chi connectivity index (χ4v) is 2.82. The number of carbonyl (C=O) groups excluding carboxylic acids is 1. The van der Waals surface area contributed by atoms with Crippen molar-refractivity contribution in [2.75, 3.05) is 13.1 Å². The Kier molecular flexibility index (Phi) is 3.84. The average molecular weight is 324 g/mol. The van der Waals surface area contributed by atoms with Crippen LogP contribution in [0, 0.1) is 0 Å². The summed E-state index contributed by atoms with van der Waals surface area (Å²) in [5, 5.41) is 3.46. The smallest absolute Gasteiger partial charge is 0.272 e. The van der Waals surface area contributed by atoms with Gasteiger partial charge in [-0.15, -0.1) is 0 Å². The lowest BCUT2D eigenvalue weighted by Crippen LogP contribution is -2.42. The molecule has 5 heteroatoms. The lowest BCUT2D eigenvalue weighted by molar-refractivity contribution is 0.0722. The van der Waals surface area contributed by atoms with Crippen molar-refractivity contribution in [3.63, 3.8) is 0 Å². The van der Waals surface area contributed by atoms with Crippen LogP contribution in [0.3, 0.4) is 0 Å². The van der Waals surface area contributed by atoms with Gasteiger partial charge in [0.05, 0.1) is 0 Å². The van der Waals surface area contributed by atoms with E-state index in [4.69, 9.17) is 0 Å². The molecule has 1 amide bonds. The fourth-order valence-electron chi connectivity index (χ4n) is 2.58. The second-order valence-electron chi connectivity index (χ2n) is 5.34. The number of pyridine rings is 1. The standard InChI is InChI=1S/C14H18BrN3O/c15-10-3-6-13(17-8-10)14(19)18(12-4-5-12)9-11-2-1-7-16-11/h3,6,8,11-12,16H,1-2,4-5,7,9H2. The predicted octanol–water partition coefficient (Wildman–Crippen LogP) is 2.20. The highest BCUT2D eigenvalue weighted by Gasteiger charge is 2.35. The van der Waals surface area contributed by atoms with Crippen LogP contribution >= 0.6 is 15.9 Å². The first-order chi connectivity index (χ1) is 9.24. The SMILES string of the molecule is O=C(c1ccc(Br)cn1)N(CC1CCCN1)C1CC1. The van der Waals surface area contributed by atoms with Gasteiger partial charge in [-0.3, -0.25) is 4.79 Å². The highest BCUT2D eigenvalue weighted by molar-refractivity contribution is 9.10. The Morgan fingerprint density at radius 1 is 1.42 bits per heavy atom. The molecule has 2 aliphatic rings. The van der Waals surface area contributed by atoms with Gasteiger partial charge in [-0.2, -0.15) is 0 Å². The van der Waals surface area contributed by atoms with Crippen LogP contribution in [0.15, 0.2) is 22.8 Å². The van der Waals surface area contributed by atoms with Crippen LogP contribution < -0.4 is 5.32 Å². The van der Waals surface area contributed by atoms with Crippen LogP contribution in [0.5, 0.6) is 0 Å². The van der Waals surface area contributed by atoms with Crippen molar-refractivity contribution in [2.24, 2.45) is 0 Å². The van der Waals surface area contributed by atoms with E-state index in [0.717, 1.165) is 30.4 Å². The van der Waals surface area contributed by atoms with Gasteiger partial charge < -0.3 is 10.2 Å².